The van der Waals surface area contributed by atoms with Gasteiger partial charge in [-0.15, -0.1) is 0 Å². The Balaban J connectivity index is 1.73. The van der Waals surface area contributed by atoms with E-state index in [1.165, 1.54) is 30.3 Å². The van der Waals surface area contributed by atoms with E-state index in [1.807, 2.05) is 0 Å². The normalized spacial score (nSPS) is 10.0. The summed E-state index contributed by atoms with van der Waals surface area (Å²) >= 11 is 0. The van der Waals surface area contributed by atoms with E-state index in [4.69, 9.17) is 15.2 Å². The highest BCUT2D eigenvalue weighted by molar-refractivity contribution is 6.04. The number of carbonyl (C=O) groups is 1. The monoisotopic (exact) mass is 391 g/mol. The summed E-state index contributed by atoms with van der Waals surface area (Å²) in [6, 6.07) is 15.7. The van der Waals surface area contributed by atoms with Crippen LogP contribution >= 0.6 is 0 Å². The topological polar surface area (TPSA) is 136 Å². The third kappa shape index (κ3) is 4.84. The van der Waals surface area contributed by atoms with Crippen LogP contribution in [-0.4, -0.2) is 26.1 Å². The second-order valence-electron chi connectivity index (χ2n) is 5.90. The number of ether oxygens (including phenoxy) is 1. The number of carbonyl (C=O) groups excluding carboxylic acids is 1. The molecule has 0 spiro atoms. The van der Waals surface area contributed by atoms with Gasteiger partial charge in [-0.25, -0.2) is 10.2 Å². The summed E-state index contributed by atoms with van der Waals surface area (Å²) in [4.78, 5) is 26.7. The average molecular weight is 391 g/mol. The van der Waals surface area contributed by atoms with Gasteiger partial charge in [-0.05, 0) is 24.3 Å². The molecule has 0 atom stereocenters. The highest BCUT2D eigenvalue weighted by Crippen LogP contribution is 2.24. The van der Waals surface area contributed by atoms with Crippen LogP contribution in [0.2, 0.25) is 0 Å². The van der Waals surface area contributed by atoms with Gasteiger partial charge in [0.25, 0.3) is 10.8 Å². The molecule has 0 aliphatic heterocycles. The highest BCUT2D eigenvalue weighted by Gasteiger charge is 2.14. The Morgan fingerprint density at radius 2 is 2.00 bits per heavy atom. The summed E-state index contributed by atoms with van der Waals surface area (Å²) in [5.41, 5.74) is 1.17. The fraction of sp³-hybridized carbons (Fsp3) is 0.0500. The van der Waals surface area contributed by atoms with Crippen molar-refractivity contribution in [2.75, 3.05) is 5.32 Å². The van der Waals surface area contributed by atoms with E-state index in [0.717, 1.165) is 6.20 Å². The molecule has 0 fully saturated rings. The van der Waals surface area contributed by atoms with Gasteiger partial charge >= 0.3 is 5.69 Å². The number of nitrogens with zero attached hydrogens (tertiary/aromatic N) is 3. The van der Waals surface area contributed by atoms with Crippen LogP contribution in [0.5, 0.6) is 11.5 Å². The highest BCUT2D eigenvalue weighted by atomic mass is 16.6. The third-order valence-electron chi connectivity index (χ3n) is 3.90. The predicted octanol–water partition coefficient (Wildman–Crippen LogP) is 3.29. The van der Waals surface area contributed by atoms with E-state index in [0.29, 0.717) is 11.1 Å². The summed E-state index contributed by atoms with van der Waals surface area (Å²) < 4.78 is 5.62. The molecule has 144 valence electrons. The first-order valence-electron chi connectivity index (χ1n) is 8.34. The van der Waals surface area contributed by atoms with E-state index in [9.17, 15) is 14.8 Å². The maximum absolute atomic E-state index is 12.4. The largest absolute Gasteiger partial charge is 0.508 e. The molecule has 1 heterocycles. The van der Waals surface area contributed by atoms with Gasteiger partial charge in [0.05, 0.1) is 16.5 Å². The molecular formula is C20H15N4O5+. The molecule has 1 aromatic heterocycles. The lowest BCUT2D eigenvalue weighted by atomic mass is 10.1. The molecular weight excluding hydrogens is 376 g/mol. The lowest BCUT2D eigenvalue weighted by molar-refractivity contribution is -0.729. The molecule has 2 aromatic carbocycles. The average Bonchev–Trinajstić information content (AvgIpc) is 2.72. The maximum atomic E-state index is 12.4. The molecule has 0 aliphatic rings. The smallest absolute Gasteiger partial charge is 0.334 e. The van der Waals surface area contributed by atoms with E-state index < -0.39 is 5.91 Å². The van der Waals surface area contributed by atoms with Gasteiger partial charge in [-0.1, -0.05) is 18.2 Å². The van der Waals surface area contributed by atoms with Crippen molar-refractivity contribution in [1.82, 2.24) is 4.98 Å². The van der Waals surface area contributed by atoms with Gasteiger partial charge in [0, 0.05) is 23.3 Å². The van der Waals surface area contributed by atoms with Crippen LogP contribution in [0, 0.1) is 16.2 Å². The quantitative estimate of drug-likeness (QED) is 0.549. The summed E-state index contributed by atoms with van der Waals surface area (Å²) in [6.45, 7) is 0.0874. The minimum atomic E-state index is -0.564. The summed E-state index contributed by atoms with van der Waals surface area (Å²) in [6.07, 6.45) is 1.09. The maximum Gasteiger partial charge on any atom is 0.334 e. The fourth-order valence-corrected chi connectivity index (χ4v) is 2.48. The molecule has 0 saturated heterocycles. The summed E-state index contributed by atoms with van der Waals surface area (Å²) in [5, 5.41) is 30.3. The van der Waals surface area contributed by atoms with Crippen molar-refractivity contribution in [3.63, 3.8) is 0 Å². The lowest BCUT2D eigenvalue weighted by Gasteiger charge is -2.10. The molecule has 0 aliphatic carbocycles. The third-order valence-corrected chi connectivity index (χ3v) is 3.90. The van der Waals surface area contributed by atoms with Crippen LogP contribution in [0.25, 0.3) is 0 Å². The van der Waals surface area contributed by atoms with Crippen LogP contribution in [0.15, 0.2) is 60.8 Å². The molecule has 0 radical (unpaired) electrons. The number of hydrogen-bond acceptors (Lipinski definition) is 6. The second-order valence-corrected chi connectivity index (χ2v) is 5.90. The number of nitriles is 1. The predicted molar refractivity (Wildman–Crippen MR) is 101 cm³/mol. The number of aromatic nitrogens is 1. The number of hydrogen-bond donors (Lipinski definition) is 3. The summed E-state index contributed by atoms with van der Waals surface area (Å²) in [5.74, 6) is -0.346. The number of phenolic OH excluding ortho intramolecular Hbond substituents is 1. The zero-order chi connectivity index (χ0) is 20.8. The number of rotatable bonds is 6. The van der Waals surface area contributed by atoms with Crippen molar-refractivity contribution < 1.29 is 24.8 Å². The Morgan fingerprint density at radius 3 is 2.69 bits per heavy atom. The number of benzene rings is 2. The Morgan fingerprint density at radius 1 is 1.21 bits per heavy atom. The first-order chi connectivity index (χ1) is 14.0. The van der Waals surface area contributed by atoms with Crippen LogP contribution < -0.4 is 10.1 Å². The fourth-order valence-electron chi connectivity index (χ4n) is 2.48. The number of aromatic hydroxyl groups is 1. The molecule has 9 nitrogen and oxygen atoms in total. The van der Waals surface area contributed by atoms with Crippen molar-refractivity contribution in [3.8, 4) is 17.6 Å². The first kappa shape index (κ1) is 19.3. The molecule has 0 saturated carbocycles. The van der Waals surface area contributed by atoms with E-state index in [-0.39, 0.29) is 40.1 Å². The van der Waals surface area contributed by atoms with Crippen molar-refractivity contribution >= 4 is 17.4 Å². The Labute approximate surface area is 165 Å². The molecule has 3 N–H and O–H groups in total. The lowest BCUT2D eigenvalue weighted by Crippen LogP contribution is -2.13. The minimum absolute atomic E-state index is 0.0874. The molecule has 3 aromatic rings. The van der Waals surface area contributed by atoms with Crippen LogP contribution in [0.1, 0.15) is 21.5 Å². The minimum Gasteiger partial charge on any atom is -0.508 e. The number of anilines is 1. The zero-order valence-electron chi connectivity index (χ0n) is 14.9. The van der Waals surface area contributed by atoms with E-state index in [2.05, 4.69) is 16.4 Å². The van der Waals surface area contributed by atoms with Crippen LogP contribution in [-0.2, 0) is 6.61 Å². The number of amides is 1. The van der Waals surface area contributed by atoms with Crippen molar-refractivity contribution in [1.29, 1.82) is 5.26 Å². The molecule has 0 unspecified atom stereocenters. The number of phenols is 1. The SMILES string of the molecule is N#Cc1ccccc1COc1cc(O)cc(C(=O)Nc2ccc([N+](=O)O)cn2)c1. The summed E-state index contributed by atoms with van der Waals surface area (Å²) in [7, 11) is 0. The molecule has 3 rings (SSSR count). The van der Waals surface area contributed by atoms with Crippen molar-refractivity contribution in [2.45, 2.75) is 6.61 Å². The molecule has 0 bridgehead atoms. The van der Waals surface area contributed by atoms with Gasteiger partial charge in [0.2, 0.25) is 0 Å². The van der Waals surface area contributed by atoms with Gasteiger partial charge in [0.15, 0.2) is 0 Å². The number of pyridine rings is 1. The first-order valence-corrected chi connectivity index (χ1v) is 8.34. The Bertz CT molecular complexity index is 1110. The second kappa shape index (κ2) is 8.49. The van der Waals surface area contributed by atoms with E-state index >= 15 is 0 Å². The van der Waals surface area contributed by atoms with Gasteiger partial charge in [-0.3, -0.25) is 4.79 Å². The van der Waals surface area contributed by atoms with Gasteiger partial charge < -0.3 is 15.2 Å². The molecule has 29 heavy (non-hydrogen) atoms. The van der Waals surface area contributed by atoms with Crippen LogP contribution in [0.3, 0.4) is 0 Å². The Hall–Kier alpha value is -4.45. The van der Waals surface area contributed by atoms with Crippen molar-refractivity contribution in [2.24, 2.45) is 0 Å². The molecule has 9 heteroatoms. The van der Waals surface area contributed by atoms with Crippen LogP contribution in [0.4, 0.5) is 11.5 Å². The van der Waals surface area contributed by atoms with Gasteiger partial charge in [0.1, 0.15) is 30.1 Å². The molecule has 1 amide bonds. The van der Waals surface area contributed by atoms with Gasteiger partial charge in [-0.2, -0.15) is 5.26 Å². The number of nitrogens with one attached hydrogen (secondary N) is 1. The van der Waals surface area contributed by atoms with Crippen molar-refractivity contribution in [3.05, 3.63) is 82.4 Å². The standard InChI is InChI=1S/C20H14N4O5/c21-10-13-3-1-2-4-14(13)12-29-18-8-15(7-17(25)9-18)20(26)23-19-6-5-16(11-22-19)24(27)28/h1-9,11H,12H2,(H2-,22,23,25,26,27,28)/p+1. The van der Waals surface area contributed by atoms with E-state index in [1.54, 1.807) is 24.3 Å². The Kier molecular flexibility index (Phi) is 5.66. The zero-order valence-corrected chi connectivity index (χ0v) is 14.9.